The second-order valence-corrected chi connectivity index (χ2v) is 11.7. The largest absolute Gasteiger partial charge is 0.506 e. The second-order valence-electron chi connectivity index (χ2n) is 10.9. The first kappa shape index (κ1) is 23.4. The van der Waals surface area contributed by atoms with Crippen molar-refractivity contribution in [3.05, 3.63) is 69.8 Å². The molecule has 0 spiro atoms. The fourth-order valence-electron chi connectivity index (χ4n) is 6.37. The first-order valence-electron chi connectivity index (χ1n) is 13.0. The molecule has 0 unspecified atom stereocenters. The Hall–Kier alpha value is -2.67. The van der Waals surface area contributed by atoms with Gasteiger partial charge in [-0.05, 0) is 63.5 Å². The van der Waals surface area contributed by atoms with Gasteiger partial charge in [-0.15, -0.1) is 0 Å². The van der Waals surface area contributed by atoms with Crippen molar-refractivity contribution >= 4 is 34.1 Å². The van der Waals surface area contributed by atoms with Crippen molar-refractivity contribution in [3.8, 4) is 17.0 Å². The maximum Gasteiger partial charge on any atom is 0.145 e. The number of nitrogens with zero attached hydrogens (tertiary/aromatic N) is 3. The molecule has 0 atom stereocenters. The smallest absolute Gasteiger partial charge is 0.145 e. The van der Waals surface area contributed by atoms with Crippen molar-refractivity contribution < 1.29 is 14.4 Å². The number of fused-ring (bicyclic) bond motifs is 4. The number of halogens is 2. The van der Waals surface area contributed by atoms with E-state index in [2.05, 4.69) is 22.3 Å². The predicted molar refractivity (Wildman–Crippen MR) is 142 cm³/mol. The molecule has 0 aliphatic heterocycles. The Balaban J connectivity index is 1.13. The molecule has 1 aromatic carbocycles. The molecule has 8 heteroatoms. The molecule has 4 aromatic rings. The van der Waals surface area contributed by atoms with Crippen LogP contribution in [-0.4, -0.2) is 25.8 Å². The lowest BCUT2D eigenvalue weighted by molar-refractivity contribution is -0.127. The van der Waals surface area contributed by atoms with Gasteiger partial charge in [0.2, 0.25) is 0 Å². The second kappa shape index (κ2) is 8.69. The van der Waals surface area contributed by atoms with Gasteiger partial charge in [0, 0.05) is 45.9 Å². The van der Waals surface area contributed by atoms with E-state index in [0.29, 0.717) is 39.3 Å². The molecule has 0 radical (unpaired) electrons. The van der Waals surface area contributed by atoms with E-state index < -0.39 is 0 Å². The van der Waals surface area contributed by atoms with Gasteiger partial charge < -0.3 is 14.4 Å². The van der Waals surface area contributed by atoms with Crippen LogP contribution in [0, 0.1) is 0 Å². The average Bonchev–Trinajstić information content (AvgIpc) is 3.68. The molecule has 4 saturated carbocycles. The Bertz CT molecular complexity index is 1470. The van der Waals surface area contributed by atoms with Gasteiger partial charge in [-0.25, -0.2) is 4.98 Å². The molecule has 4 aliphatic carbocycles. The molecule has 4 fully saturated rings. The third-order valence-corrected chi connectivity index (χ3v) is 9.37. The van der Waals surface area contributed by atoms with Crippen LogP contribution < -0.4 is 0 Å². The van der Waals surface area contributed by atoms with Crippen molar-refractivity contribution in [2.75, 3.05) is 0 Å². The molecular formula is C29H27Cl2N3O3. The fourth-order valence-corrected chi connectivity index (χ4v) is 6.91. The van der Waals surface area contributed by atoms with Crippen LogP contribution in [0.2, 0.25) is 10.0 Å². The van der Waals surface area contributed by atoms with Gasteiger partial charge in [-0.2, -0.15) is 0 Å². The number of hydrogen-bond donors (Lipinski definition) is 1. The summed E-state index contributed by atoms with van der Waals surface area (Å²) in [5.74, 6) is 1.53. The lowest BCUT2D eigenvalue weighted by Crippen LogP contribution is -2.50. The maximum absolute atomic E-state index is 10.4. The Kier molecular flexibility index (Phi) is 5.50. The molecule has 6 nitrogen and oxygen atoms in total. The number of para-hydroxylation sites is 1. The predicted octanol–water partition coefficient (Wildman–Crippen LogP) is 7.74. The minimum Gasteiger partial charge on any atom is -0.506 e. The molecule has 3 aromatic heterocycles. The summed E-state index contributed by atoms with van der Waals surface area (Å²) in [4.78, 5) is 9.02. The van der Waals surface area contributed by atoms with E-state index in [-0.39, 0.29) is 16.8 Å². The van der Waals surface area contributed by atoms with Crippen LogP contribution in [-0.2, 0) is 16.8 Å². The van der Waals surface area contributed by atoms with E-state index in [4.69, 9.17) is 37.4 Å². The minimum absolute atomic E-state index is 0.0429. The maximum atomic E-state index is 10.4. The van der Waals surface area contributed by atoms with Crippen LogP contribution in [0.1, 0.15) is 74.3 Å². The van der Waals surface area contributed by atoms with E-state index in [9.17, 15) is 5.11 Å². The summed E-state index contributed by atoms with van der Waals surface area (Å²) in [5, 5.41) is 16.6. The monoisotopic (exact) mass is 535 g/mol. The molecule has 8 rings (SSSR count). The molecule has 4 aliphatic rings. The van der Waals surface area contributed by atoms with Crippen molar-refractivity contribution in [1.29, 1.82) is 0 Å². The summed E-state index contributed by atoms with van der Waals surface area (Å²) < 4.78 is 12.6. The van der Waals surface area contributed by atoms with Gasteiger partial charge in [0.1, 0.15) is 22.7 Å². The Labute approximate surface area is 225 Å². The van der Waals surface area contributed by atoms with Crippen LogP contribution in [0.25, 0.3) is 22.2 Å². The third-order valence-electron chi connectivity index (χ3n) is 8.80. The normalized spacial score (nSPS) is 25.1. The lowest BCUT2D eigenvalue weighted by atomic mass is 9.57. The van der Waals surface area contributed by atoms with E-state index in [1.807, 2.05) is 12.1 Å². The SMILES string of the molecule is Oc1cccc2ccc(C34CCC(OCc5c(-c6c(Cl)cncc6Cl)noc5C5CC5)(CC3)CC4)nc12. The van der Waals surface area contributed by atoms with E-state index >= 15 is 0 Å². The van der Waals surface area contributed by atoms with Gasteiger partial charge in [-0.3, -0.25) is 4.98 Å². The van der Waals surface area contributed by atoms with Crippen molar-refractivity contribution in [3.63, 3.8) is 0 Å². The summed E-state index contributed by atoms with van der Waals surface area (Å²) in [5.41, 5.74) is 3.94. The third kappa shape index (κ3) is 3.92. The van der Waals surface area contributed by atoms with Crippen LogP contribution >= 0.6 is 23.2 Å². The highest BCUT2D eigenvalue weighted by Gasteiger charge is 2.51. The number of phenolic OH excluding ortho intramolecular Hbond substituents is 1. The minimum atomic E-state index is -0.165. The van der Waals surface area contributed by atoms with Crippen LogP contribution in [0.4, 0.5) is 0 Å². The average molecular weight is 536 g/mol. The highest BCUT2D eigenvalue weighted by atomic mass is 35.5. The number of rotatable bonds is 6. The number of benzene rings is 1. The van der Waals surface area contributed by atoms with Crippen molar-refractivity contribution in [1.82, 2.24) is 15.1 Å². The molecule has 3 heterocycles. The number of aromatic nitrogens is 3. The van der Waals surface area contributed by atoms with Gasteiger partial charge in [0.25, 0.3) is 0 Å². The summed E-state index contributed by atoms with van der Waals surface area (Å²) in [6.45, 7) is 0.425. The first-order valence-corrected chi connectivity index (χ1v) is 13.7. The summed E-state index contributed by atoms with van der Waals surface area (Å²) in [6.07, 6.45) is 11.4. The fraction of sp³-hybridized carbons (Fsp3) is 0.414. The Morgan fingerprint density at radius 2 is 1.70 bits per heavy atom. The van der Waals surface area contributed by atoms with Crippen LogP contribution in [0.3, 0.4) is 0 Å². The summed E-state index contributed by atoms with van der Waals surface area (Å²) >= 11 is 13.0. The van der Waals surface area contributed by atoms with Crippen molar-refractivity contribution in [2.24, 2.45) is 0 Å². The standard InChI is InChI=1S/C29H27Cl2N3O3/c30-20-14-32-15-21(31)24(20)26-19(27(37-34-26)18-4-5-18)16-36-29-11-8-28(9-12-29,10-13-29)23-7-6-17-2-1-3-22(35)25(17)33-23/h1-3,6-7,14-15,18,35H,4-5,8-13,16H2. The Morgan fingerprint density at radius 3 is 2.41 bits per heavy atom. The van der Waals surface area contributed by atoms with Gasteiger partial charge in [-0.1, -0.05) is 46.6 Å². The molecule has 37 heavy (non-hydrogen) atoms. The molecule has 1 N–H and O–H groups in total. The molecule has 0 saturated heterocycles. The highest BCUT2D eigenvalue weighted by molar-refractivity contribution is 6.38. The van der Waals surface area contributed by atoms with E-state index in [0.717, 1.165) is 73.8 Å². The molecule has 2 bridgehead atoms. The number of hydrogen-bond acceptors (Lipinski definition) is 6. The van der Waals surface area contributed by atoms with Crippen LogP contribution in [0.5, 0.6) is 5.75 Å². The lowest BCUT2D eigenvalue weighted by Gasteiger charge is -2.52. The number of ether oxygens (including phenoxy) is 1. The van der Waals surface area contributed by atoms with E-state index in [1.165, 1.54) is 0 Å². The number of pyridine rings is 2. The van der Waals surface area contributed by atoms with Gasteiger partial charge in [0.05, 0.1) is 22.3 Å². The molecular weight excluding hydrogens is 509 g/mol. The number of phenols is 1. The summed E-state index contributed by atoms with van der Waals surface area (Å²) in [7, 11) is 0. The quantitative estimate of drug-likeness (QED) is 0.272. The zero-order chi connectivity index (χ0) is 25.2. The van der Waals surface area contributed by atoms with Gasteiger partial charge in [0.15, 0.2) is 0 Å². The van der Waals surface area contributed by atoms with E-state index in [1.54, 1.807) is 18.5 Å². The first-order chi connectivity index (χ1) is 18.0. The topological polar surface area (TPSA) is 81.3 Å². The summed E-state index contributed by atoms with van der Waals surface area (Å²) in [6, 6.07) is 9.79. The Morgan fingerprint density at radius 1 is 0.973 bits per heavy atom. The molecule has 0 amide bonds. The molecule has 190 valence electrons. The zero-order valence-electron chi connectivity index (χ0n) is 20.3. The zero-order valence-corrected chi connectivity index (χ0v) is 21.9. The van der Waals surface area contributed by atoms with Crippen molar-refractivity contribution in [2.45, 2.75) is 74.9 Å². The van der Waals surface area contributed by atoms with Crippen LogP contribution in [0.15, 0.2) is 47.2 Å². The number of aromatic hydroxyl groups is 1. The highest BCUT2D eigenvalue weighted by Crippen LogP contribution is 2.55. The van der Waals surface area contributed by atoms with Gasteiger partial charge >= 0.3 is 0 Å².